The zero-order valence-corrected chi connectivity index (χ0v) is 14.7. The van der Waals surface area contributed by atoms with Crippen molar-refractivity contribution in [2.24, 2.45) is 5.41 Å². The van der Waals surface area contributed by atoms with E-state index in [2.05, 4.69) is 12.1 Å². The maximum Gasteiger partial charge on any atom is 0.329 e. The molecule has 4 saturated heterocycles. The molecule has 0 saturated carbocycles. The molecule has 0 atom stereocenters. The molecule has 1 aromatic rings. The standard InChI is InChI=1S/C17H22N4O4/c1-12-4-6-13(7-5-12)14-18-8-16(20(22)23)9-19(14)11-17(10-18,21(24)25)15(16,2)3/h4-7,14H,8-11H2,1-3H3/p+2. The van der Waals surface area contributed by atoms with E-state index in [1.165, 1.54) is 0 Å². The van der Waals surface area contributed by atoms with Crippen molar-refractivity contribution < 1.29 is 19.6 Å². The SMILES string of the molecule is Cc1ccc(C2[NH+]3CC4([N+](=O)[O-])C[NH+]2CC([N+](=O)[O-])(C3)C4(C)C)cc1. The van der Waals surface area contributed by atoms with Crippen LogP contribution in [-0.4, -0.2) is 47.1 Å². The fourth-order valence-corrected chi connectivity index (χ4v) is 5.71. The van der Waals surface area contributed by atoms with Crippen molar-refractivity contribution in [2.45, 2.75) is 38.0 Å². The molecule has 2 N–H and O–H groups in total. The molecule has 1 aromatic carbocycles. The summed E-state index contributed by atoms with van der Waals surface area (Å²) < 4.78 is 0. The molecule has 5 rings (SSSR count). The van der Waals surface area contributed by atoms with E-state index >= 15 is 0 Å². The molecule has 4 aliphatic heterocycles. The number of hydrogen-bond acceptors (Lipinski definition) is 4. The smallest absolute Gasteiger partial charge is 0.270 e. The Labute approximate surface area is 145 Å². The van der Waals surface area contributed by atoms with E-state index in [4.69, 9.17) is 0 Å². The molecule has 0 aromatic heterocycles. The van der Waals surface area contributed by atoms with Gasteiger partial charge in [-0.2, -0.15) is 0 Å². The Balaban J connectivity index is 1.83. The van der Waals surface area contributed by atoms with Crippen molar-refractivity contribution >= 4 is 0 Å². The van der Waals surface area contributed by atoms with E-state index < -0.39 is 16.5 Å². The highest BCUT2D eigenvalue weighted by Crippen LogP contribution is 2.48. The van der Waals surface area contributed by atoms with Crippen LogP contribution in [0.5, 0.6) is 0 Å². The number of nitro groups is 2. The minimum absolute atomic E-state index is 0.0397. The van der Waals surface area contributed by atoms with Gasteiger partial charge in [0, 0.05) is 9.85 Å². The number of nitrogens with one attached hydrogen (secondary N) is 2. The van der Waals surface area contributed by atoms with E-state index in [1.54, 1.807) is 13.8 Å². The second kappa shape index (κ2) is 4.76. The van der Waals surface area contributed by atoms with E-state index in [9.17, 15) is 20.2 Å². The highest BCUT2D eigenvalue weighted by Gasteiger charge is 2.87. The zero-order chi connectivity index (χ0) is 18.2. The Morgan fingerprint density at radius 2 is 1.32 bits per heavy atom. The van der Waals surface area contributed by atoms with Gasteiger partial charge in [-0.3, -0.25) is 30.0 Å². The first-order valence-corrected chi connectivity index (χ1v) is 8.69. The van der Waals surface area contributed by atoms with Gasteiger partial charge in [0.15, 0.2) is 26.2 Å². The highest BCUT2D eigenvalue weighted by molar-refractivity contribution is 5.23. The highest BCUT2D eigenvalue weighted by atomic mass is 16.6. The number of quaternary nitrogens is 2. The second-order valence-corrected chi connectivity index (χ2v) is 8.57. The summed E-state index contributed by atoms with van der Waals surface area (Å²) in [7, 11) is 0. The zero-order valence-electron chi connectivity index (χ0n) is 14.7. The third-order valence-corrected chi connectivity index (χ3v) is 7.33. The molecule has 8 heteroatoms. The lowest BCUT2D eigenvalue weighted by Crippen LogP contribution is -3.43. The Kier molecular flexibility index (Phi) is 3.13. The fourth-order valence-electron chi connectivity index (χ4n) is 5.71. The largest absolute Gasteiger partial charge is 0.329 e. The molecule has 0 amide bonds. The number of benzene rings is 1. The molecular formula is C17H24N4O4+2. The van der Waals surface area contributed by atoms with Crippen LogP contribution in [0.15, 0.2) is 24.3 Å². The molecule has 0 radical (unpaired) electrons. The van der Waals surface area contributed by atoms with Crippen LogP contribution >= 0.6 is 0 Å². The van der Waals surface area contributed by atoms with Gasteiger partial charge in [-0.15, -0.1) is 0 Å². The normalized spacial score (nSPS) is 40.8. The summed E-state index contributed by atoms with van der Waals surface area (Å²) in [6, 6.07) is 8.20. The summed E-state index contributed by atoms with van der Waals surface area (Å²) in [5, 5.41) is 24.2. The van der Waals surface area contributed by atoms with Gasteiger partial charge in [0.2, 0.25) is 6.17 Å². The van der Waals surface area contributed by atoms with Gasteiger partial charge < -0.3 is 0 Å². The minimum Gasteiger partial charge on any atom is -0.270 e. The van der Waals surface area contributed by atoms with Crippen LogP contribution < -0.4 is 9.80 Å². The van der Waals surface area contributed by atoms with Crippen molar-refractivity contribution in [1.29, 1.82) is 0 Å². The molecule has 4 aliphatic rings. The van der Waals surface area contributed by atoms with Crippen molar-refractivity contribution in [2.75, 3.05) is 26.2 Å². The van der Waals surface area contributed by atoms with Crippen LogP contribution in [0.2, 0.25) is 0 Å². The first kappa shape index (κ1) is 16.4. The topological polar surface area (TPSA) is 95.2 Å². The molecule has 4 fully saturated rings. The lowest BCUT2D eigenvalue weighted by Gasteiger charge is -2.60. The van der Waals surface area contributed by atoms with Gasteiger partial charge in [-0.1, -0.05) is 17.7 Å². The van der Waals surface area contributed by atoms with Gasteiger partial charge in [0.25, 0.3) is 0 Å². The van der Waals surface area contributed by atoms with Gasteiger partial charge in [-0.05, 0) is 32.9 Å². The molecule has 8 nitrogen and oxygen atoms in total. The molecule has 0 aliphatic carbocycles. The third kappa shape index (κ3) is 1.78. The molecule has 0 spiro atoms. The quantitative estimate of drug-likeness (QED) is 0.533. The van der Waals surface area contributed by atoms with Gasteiger partial charge >= 0.3 is 11.1 Å². The Bertz CT molecular complexity index is 708. The average molecular weight is 348 g/mol. The summed E-state index contributed by atoms with van der Waals surface area (Å²) >= 11 is 0. The average Bonchev–Trinajstić information content (AvgIpc) is 2.52. The van der Waals surface area contributed by atoms with Crippen molar-refractivity contribution in [1.82, 2.24) is 0 Å². The Morgan fingerprint density at radius 3 is 1.68 bits per heavy atom. The maximum absolute atomic E-state index is 12.1. The van der Waals surface area contributed by atoms with E-state index in [1.807, 2.05) is 19.1 Å². The summed E-state index contributed by atoms with van der Waals surface area (Å²) in [6.45, 7) is 6.90. The summed E-state index contributed by atoms with van der Waals surface area (Å²) in [5.74, 6) is 0. The monoisotopic (exact) mass is 348 g/mol. The molecule has 25 heavy (non-hydrogen) atoms. The maximum atomic E-state index is 12.1. The van der Waals surface area contributed by atoms with E-state index in [0.29, 0.717) is 26.2 Å². The first-order chi connectivity index (χ1) is 11.6. The number of rotatable bonds is 3. The van der Waals surface area contributed by atoms with Crippen LogP contribution in [0, 0.1) is 32.6 Å². The molecule has 4 heterocycles. The van der Waals surface area contributed by atoms with Crippen LogP contribution in [0.25, 0.3) is 0 Å². The van der Waals surface area contributed by atoms with Crippen molar-refractivity contribution in [3.63, 3.8) is 0 Å². The molecule has 4 bridgehead atoms. The van der Waals surface area contributed by atoms with Crippen LogP contribution in [0.3, 0.4) is 0 Å². The lowest BCUT2D eigenvalue weighted by atomic mass is 9.53. The number of nitrogens with zero attached hydrogens (tertiary/aromatic N) is 2. The third-order valence-electron chi connectivity index (χ3n) is 7.33. The number of piperidine rings is 2. The van der Waals surface area contributed by atoms with Crippen molar-refractivity contribution in [3.8, 4) is 0 Å². The number of hydrogen-bond donors (Lipinski definition) is 2. The summed E-state index contributed by atoms with van der Waals surface area (Å²) in [5.41, 5.74) is -1.19. The first-order valence-electron chi connectivity index (χ1n) is 8.69. The second-order valence-electron chi connectivity index (χ2n) is 8.57. The van der Waals surface area contributed by atoms with E-state index in [-0.39, 0.29) is 16.0 Å². The molecular weight excluding hydrogens is 324 g/mol. The number of aryl methyl sites for hydroxylation is 1. The van der Waals surface area contributed by atoms with E-state index in [0.717, 1.165) is 20.9 Å². The van der Waals surface area contributed by atoms with Gasteiger partial charge in [-0.25, -0.2) is 0 Å². The summed E-state index contributed by atoms with van der Waals surface area (Å²) in [4.78, 5) is 25.7. The van der Waals surface area contributed by atoms with Crippen molar-refractivity contribution in [3.05, 3.63) is 55.6 Å². The molecule has 134 valence electrons. The predicted octanol–water partition coefficient (Wildman–Crippen LogP) is -1.14. The minimum atomic E-state index is -1.25. The molecule has 0 unspecified atom stereocenters. The Morgan fingerprint density at radius 1 is 0.920 bits per heavy atom. The Hall–Kier alpha value is -2.06. The predicted molar refractivity (Wildman–Crippen MR) is 88.5 cm³/mol. The lowest BCUT2D eigenvalue weighted by molar-refractivity contribution is -1.20. The van der Waals surface area contributed by atoms with Crippen LogP contribution in [0.1, 0.15) is 31.1 Å². The summed E-state index contributed by atoms with van der Waals surface area (Å²) in [6.07, 6.45) is 0.0397. The van der Waals surface area contributed by atoms with Crippen LogP contribution in [-0.2, 0) is 0 Å². The van der Waals surface area contributed by atoms with Crippen LogP contribution in [0.4, 0.5) is 0 Å². The van der Waals surface area contributed by atoms with Gasteiger partial charge in [0.1, 0.15) is 5.41 Å². The van der Waals surface area contributed by atoms with Gasteiger partial charge in [0.05, 0.1) is 5.56 Å². The fraction of sp³-hybridized carbons (Fsp3) is 0.647.